The van der Waals surface area contributed by atoms with Gasteiger partial charge in [0.1, 0.15) is 30.6 Å². The van der Waals surface area contributed by atoms with Gasteiger partial charge in [0.25, 0.3) is 5.91 Å². The first-order chi connectivity index (χ1) is 16.4. The highest BCUT2D eigenvalue weighted by atomic mass is 35.5. The van der Waals surface area contributed by atoms with Crippen LogP contribution in [0.3, 0.4) is 0 Å². The minimum atomic E-state index is -0.602. The van der Waals surface area contributed by atoms with E-state index in [-0.39, 0.29) is 17.2 Å². The van der Waals surface area contributed by atoms with Crippen LogP contribution in [-0.2, 0) is 4.79 Å². The summed E-state index contributed by atoms with van der Waals surface area (Å²) in [7, 11) is 1.48. The summed E-state index contributed by atoms with van der Waals surface area (Å²) in [5, 5.41) is 13.2. The number of hydrogen-bond acceptors (Lipinski definition) is 9. The second-order valence-corrected chi connectivity index (χ2v) is 8.64. The van der Waals surface area contributed by atoms with Crippen LogP contribution >= 0.6 is 34.9 Å². The summed E-state index contributed by atoms with van der Waals surface area (Å²) < 4.78 is 21.0. The Labute approximate surface area is 210 Å². The molecule has 0 aliphatic carbocycles. The van der Waals surface area contributed by atoms with Gasteiger partial charge in [-0.3, -0.25) is 10.1 Å². The normalized spacial score (nSPS) is 11.0. The summed E-state index contributed by atoms with van der Waals surface area (Å²) in [6.07, 6.45) is 3.24. The molecule has 0 spiro atoms. The van der Waals surface area contributed by atoms with Crippen LogP contribution in [0.4, 0.5) is 5.13 Å². The number of aryl methyl sites for hydroxylation is 1. The molecule has 0 radical (unpaired) electrons. The lowest BCUT2D eigenvalue weighted by molar-refractivity contribution is -0.112. The molecule has 0 saturated heterocycles. The number of nitrogens with one attached hydrogen (secondary N) is 1. The standard InChI is InChI=1S/C23H21ClN4O4S2/c1-14-6-4-5-7-18(14)31-8-9-32-20-17(24)11-15(12-19(20)30-2)10-16(13-25)21(29)26-22-27-23(33-3)28-34-22/h4-7,10-12H,8-9H2,1-3H3,(H,26,27,28,29). The van der Waals surface area contributed by atoms with E-state index in [1.165, 1.54) is 24.9 Å². The maximum Gasteiger partial charge on any atom is 0.268 e. The van der Waals surface area contributed by atoms with Crippen molar-refractivity contribution >= 4 is 52.0 Å². The van der Waals surface area contributed by atoms with Gasteiger partial charge in [0.15, 0.2) is 11.5 Å². The van der Waals surface area contributed by atoms with Crippen molar-refractivity contribution in [3.8, 4) is 23.3 Å². The van der Waals surface area contributed by atoms with E-state index >= 15 is 0 Å². The van der Waals surface area contributed by atoms with E-state index in [9.17, 15) is 10.1 Å². The first kappa shape index (κ1) is 25.4. The number of benzene rings is 2. The van der Waals surface area contributed by atoms with Gasteiger partial charge in [-0.2, -0.15) is 14.6 Å². The van der Waals surface area contributed by atoms with Crippen LogP contribution in [0.25, 0.3) is 6.08 Å². The van der Waals surface area contributed by atoms with E-state index < -0.39 is 5.91 Å². The molecule has 8 nitrogen and oxygen atoms in total. The molecular weight excluding hydrogens is 496 g/mol. The zero-order valence-corrected chi connectivity index (χ0v) is 21.0. The van der Waals surface area contributed by atoms with Crippen LogP contribution < -0.4 is 19.5 Å². The Morgan fingerprint density at radius 2 is 2.03 bits per heavy atom. The predicted molar refractivity (Wildman–Crippen MR) is 134 cm³/mol. The number of hydrogen-bond donors (Lipinski definition) is 1. The Morgan fingerprint density at radius 3 is 2.71 bits per heavy atom. The number of para-hydroxylation sites is 1. The Hall–Kier alpha value is -3.26. The number of nitrogens with zero attached hydrogens (tertiary/aromatic N) is 3. The van der Waals surface area contributed by atoms with Gasteiger partial charge in [-0.05, 0) is 48.6 Å². The molecule has 1 aromatic heterocycles. The van der Waals surface area contributed by atoms with Crippen LogP contribution in [0, 0.1) is 18.3 Å². The fourth-order valence-corrected chi connectivity index (χ4v) is 4.20. The third-order valence-electron chi connectivity index (χ3n) is 4.42. The van der Waals surface area contributed by atoms with Crippen molar-refractivity contribution < 1.29 is 19.0 Å². The summed E-state index contributed by atoms with van der Waals surface area (Å²) in [5.74, 6) is 0.887. The number of amides is 1. The van der Waals surface area contributed by atoms with Gasteiger partial charge >= 0.3 is 0 Å². The highest BCUT2D eigenvalue weighted by Gasteiger charge is 2.16. The molecule has 2 aromatic carbocycles. The van der Waals surface area contributed by atoms with Gasteiger partial charge in [0.2, 0.25) is 10.3 Å². The molecular formula is C23H21ClN4O4S2. The molecule has 1 amide bonds. The van der Waals surface area contributed by atoms with Crippen molar-refractivity contribution in [1.29, 1.82) is 5.26 Å². The quantitative estimate of drug-likeness (QED) is 0.169. The number of ether oxygens (including phenoxy) is 3. The van der Waals surface area contributed by atoms with Crippen LogP contribution in [0.1, 0.15) is 11.1 Å². The molecule has 3 rings (SSSR count). The lowest BCUT2D eigenvalue weighted by Crippen LogP contribution is -2.13. The largest absolute Gasteiger partial charge is 0.493 e. The lowest BCUT2D eigenvalue weighted by Gasteiger charge is -2.14. The monoisotopic (exact) mass is 516 g/mol. The highest BCUT2D eigenvalue weighted by molar-refractivity contribution is 7.98. The molecule has 0 bridgehead atoms. The van der Waals surface area contributed by atoms with Crippen molar-refractivity contribution in [2.24, 2.45) is 0 Å². The number of halogens is 1. The van der Waals surface area contributed by atoms with Crippen LogP contribution in [0.5, 0.6) is 17.2 Å². The van der Waals surface area contributed by atoms with Crippen molar-refractivity contribution in [3.63, 3.8) is 0 Å². The Morgan fingerprint density at radius 1 is 1.26 bits per heavy atom. The number of thioether (sulfide) groups is 1. The number of carbonyl (C=O) groups is 1. The number of nitriles is 1. The fraction of sp³-hybridized carbons (Fsp3) is 0.217. The molecule has 3 aromatic rings. The topological polar surface area (TPSA) is 106 Å². The van der Waals surface area contributed by atoms with Crippen LogP contribution in [0.2, 0.25) is 5.02 Å². The highest BCUT2D eigenvalue weighted by Crippen LogP contribution is 2.37. The Kier molecular flexibility index (Phi) is 9.16. The first-order valence-electron chi connectivity index (χ1n) is 9.94. The van der Waals surface area contributed by atoms with E-state index in [1.807, 2.05) is 43.5 Å². The van der Waals surface area contributed by atoms with Gasteiger partial charge in [0, 0.05) is 11.5 Å². The van der Waals surface area contributed by atoms with Crippen molar-refractivity contribution in [2.75, 3.05) is 31.9 Å². The average Bonchev–Trinajstić information content (AvgIpc) is 3.29. The minimum Gasteiger partial charge on any atom is -0.493 e. The molecule has 11 heteroatoms. The third-order valence-corrected chi connectivity index (χ3v) is 5.99. The Bertz CT molecular complexity index is 1240. The average molecular weight is 517 g/mol. The fourth-order valence-electron chi connectivity index (χ4n) is 2.80. The molecule has 0 aliphatic rings. The van der Waals surface area contributed by atoms with Gasteiger partial charge in [-0.15, -0.1) is 0 Å². The van der Waals surface area contributed by atoms with E-state index in [0.29, 0.717) is 34.0 Å². The molecule has 34 heavy (non-hydrogen) atoms. The van der Waals surface area contributed by atoms with Gasteiger partial charge in [-0.1, -0.05) is 41.6 Å². The number of aromatic nitrogens is 2. The Balaban J connectivity index is 1.69. The van der Waals surface area contributed by atoms with Gasteiger partial charge in [-0.25, -0.2) is 0 Å². The van der Waals surface area contributed by atoms with Gasteiger partial charge in [0.05, 0.1) is 12.1 Å². The second kappa shape index (κ2) is 12.3. The van der Waals surface area contributed by atoms with Crippen molar-refractivity contribution in [2.45, 2.75) is 12.1 Å². The molecule has 176 valence electrons. The number of anilines is 1. The number of rotatable bonds is 10. The van der Waals surface area contributed by atoms with Gasteiger partial charge < -0.3 is 14.2 Å². The SMILES string of the molecule is COc1cc(C=C(C#N)C(=O)Nc2nc(SC)ns2)cc(Cl)c1OCCOc1ccccc1C. The summed E-state index contributed by atoms with van der Waals surface area (Å²) >= 11 is 8.80. The van der Waals surface area contributed by atoms with E-state index in [0.717, 1.165) is 22.8 Å². The van der Waals surface area contributed by atoms with E-state index in [2.05, 4.69) is 14.7 Å². The third kappa shape index (κ3) is 6.63. The second-order valence-electron chi connectivity index (χ2n) is 6.71. The van der Waals surface area contributed by atoms with Crippen LogP contribution in [0.15, 0.2) is 47.1 Å². The summed E-state index contributed by atoms with van der Waals surface area (Å²) in [5.41, 5.74) is 1.40. The maximum atomic E-state index is 12.5. The maximum absolute atomic E-state index is 12.5. The number of carbonyl (C=O) groups excluding carboxylic acids is 1. The molecule has 0 atom stereocenters. The zero-order valence-electron chi connectivity index (χ0n) is 18.6. The van der Waals surface area contributed by atoms with Crippen LogP contribution in [-0.4, -0.2) is 41.8 Å². The predicted octanol–water partition coefficient (Wildman–Crippen LogP) is 5.23. The summed E-state index contributed by atoms with van der Waals surface area (Å²) in [6.45, 7) is 2.52. The molecule has 1 N–H and O–H groups in total. The summed E-state index contributed by atoms with van der Waals surface area (Å²) in [4.78, 5) is 16.6. The smallest absolute Gasteiger partial charge is 0.268 e. The molecule has 0 unspecified atom stereocenters. The van der Waals surface area contributed by atoms with Crippen molar-refractivity contribution in [3.05, 3.63) is 58.1 Å². The van der Waals surface area contributed by atoms with Crippen molar-refractivity contribution in [1.82, 2.24) is 9.36 Å². The number of methoxy groups -OCH3 is 1. The zero-order chi connectivity index (χ0) is 24.5. The lowest BCUT2D eigenvalue weighted by atomic mass is 10.1. The minimum absolute atomic E-state index is 0.126. The molecule has 0 saturated carbocycles. The van der Waals surface area contributed by atoms with E-state index in [1.54, 1.807) is 12.1 Å². The first-order valence-corrected chi connectivity index (χ1v) is 12.3. The molecule has 0 fully saturated rings. The van der Waals surface area contributed by atoms with E-state index in [4.69, 9.17) is 25.8 Å². The molecule has 0 aliphatic heterocycles. The summed E-state index contributed by atoms with van der Waals surface area (Å²) in [6, 6.07) is 12.8. The molecule has 1 heterocycles.